The van der Waals surface area contributed by atoms with E-state index in [1.165, 1.54) is 0 Å². The van der Waals surface area contributed by atoms with Gasteiger partial charge in [0.1, 0.15) is 5.76 Å². The summed E-state index contributed by atoms with van der Waals surface area (Å²) in [5, 5.41) is 3.37. The van der Waals surface area contributed by atoms with Gasteiger partial charge in [-0.1, -0.05) is 0 Å². The highest BCUT2D eigenvalue weighted by atomic mass is 79.9. The van der Waals surface area contributed by atoms with E-state index in [4.69, 9.17) is 9.15 Å². The summed E-state index contributed by atoms with van der Waals surface area (Å²) >= 11 is 3.27. The Bertz CT molecular complexity index is 408. The molecule has 1 aromatic rings. The molecule has 6 heteroatoms. The van der Waals surface area contributed by atoms with Gasteiger partial charge in [0.15, 0.2) is 4.67 Å². The van der Waals surface area contributed by atoms with Crippen LogP contribution in [0.25, 0.3) is 0 Å². The molecular formula is C12H17BrN2O3. The van der Waals surface area contributed by atoms with E-state index in [9.17, 15) is 4.79 Å². The van der Waals surface area contributed by atoms with Gasteiger partial charge in [-0.25, -0.2) is 4.79 Å². The van der Waals surface area contributed by atoms with E-state index >= 15 is 0 Å². The van der Waals surface area contributed by atoms with Crippen molar-refractivity contribution in [3.05, 3.63) is 22.6 Å². The summed E-state index contributed by atoms with van der Waals surface area (Å²) in [6.45, 7) is 4.36. The largest absolute Gasteiger partial charge is 0.453 e. The second-order valence-corrected chi connectivity index (χ2v) is 5.00. The number of halogens is 1. The molecule has 18 heavy (non-hydrogen) atoms. The van der Waals surface area contributed by atoms with Crippen LogP contribution in [-0.4, -0.2) is 36.7 Å². The number of nitrogens with one attached hydrogen (secondary N) is 1. The van der Waals surface area contributed by atoms with Crippen LogP contribution >= 0.6 is 15.9 Å². The van der Waals surface area contributed by atoms with Crippen LogP contribution in [0.3, 0.4) is 0 Å². The Labute approximate surface area is 115 Å². The van der Waals surface area contributed by atoms with Gasteiger partial charge < -0.3 is 19.4 Å². The lowest BCUT2D eigenvalue weighted by Crippen LogP contribution is -2.35. The molecule has 0 saturated carbocycles. The predicted molar refractivity (Wildman–Crippen MR) is 70.2 cm³/mol. The first-order valence-corrected chi connectivity index (χ1v) is 6.87. The molecule has 0 radical (unpaired) electrons. The maximum atomic E-state index is 11.5. The zero-order valence-corrected chi connectivity index (χ0v) is 11.9. The molecule has 1 aliphatic heterocycles. The quantitative estimate of drug-likeness (QED) is 0.926. The van der Waals surface area contributed by atoms with Crippen LogP contribution in [0.15, 0.2) is 21.2 Å². The number of rotatable bonds is 4. The number of ether oxygens (including phenoxy) is 1. The van der Waals surface area contributed by atoms with Crippen LogP contribution < -0.4 is 5.32 Å². The van der Waals surface area contributed by atoms with E-state index in [0.717, 1.165) is 23.4 Å². The summed E-state index contributed by atoms with van der Waals surface area (Å²) in [5.41, 5.74) is 0. The van der Waals surface area contributed by atoms with Crippen LogP contribution in [0.2, 0.25) is 0 Å². The SMILES string of the molecule is CCOC(=O)N1CC[C@H](NCc2ccc(Br)o2)C1. The van der Waals surface area contributed by atoms with Crippen molar-refractivity contribution in [3.8, 4) is 0 Å². The molecule has 1 atom stereocenters. The third kappa shape index (κ3) is 3.49. The number of hydrogen-bond acceptors (Lipinski definition) is 4. The van der Waals surface area contributed by atoms with E-state index < -0.39 is 0 Å². The summed E-state index contributed by atoms with van der Waals surface area (Å²) in [7, 11) is 0. The Morgan fingerprint density at radius 1 is 1.67 bits per heavy atom. The third-order valence-corrected chi connectivity index (χ3v) is 3.33. The topological polar surface area (TPSA) is 54.7 Å². The fraction of sp³-hybridized carbons (Fsp3) is 0.583. The number of furan rings is 1. The minimum atomic E-state index is -0.220. The van der Waals surface area contributed by atoms with Crippen molar-refractivity contribution in [2.24, 2.45) is 0 Å². The van der Waals surface area contributed by atoms with Crippen LogP contribution in [-0.2, 0) is 11.3 Å². The number of amides is 1. The highest BCUT2D eigenvalue weighted by Crippen LogP contribution is 2.15. The molecule has 1 saturated heterocycles. The summed E-state index contributed by atoms with van der Waals surface area (Å²) in [4.78, 5) is 13.3. The molecular weight excluding hydrogens is 300 g/mol. The van der Waals surface area contributed by atoms with Crippen molar-refractivity contribution < 1.29 is 13.9 Å². The number of nitrogens with zero attached hydrogens (tertiary/aromatic N) is 1. The second-order valence-electron chi connectivity index (χ2n) is 4.22. The molecule has 1 N–H and O–H groups in total. The minimum Gasteiger partial charge on any atom is -0.453 e. The van der Waals surface area contributed by atoms with Gasteiger partial charge in [0.2, 0.25) is 0 Å². The average molecular weight is 317 g/mol. The summed E-state index contributed by atoms with van der Waals surface area (Å²) in [6, 6.07) is 4.10. The van der Waals surface area contributed by atoms with Crippen molar-refractivity contribution >= 4 is 22.0 Å². The van der Waals surface area contributed by atoms with Crippen molar-refractivity contribution in [2.45, 2.75) is 25.9 Å². The first-order chi connectivity index (χ1) is 8.69. The molecule has 1 fully saturated rings. The Kier molecular flexibility index (Phi) is 4.66. The standard InChI is InChI=1S/C12H17BrN2O3/c1-2-17-12(16)15-6-5-9(8-15)14-7-10-3-4-11(13)18-10/h3-4,9,14H,2,5-8H2,1H3/t9-/m0/s1. The van der Waals surface area contributed by atoms with Gasteiger partial charge in [-0.05, 0) is 41.4 Å². The Morgan fingerprint density at radius 3 is 3.17 bits per heavy atom. The molecule has 0 bridgehead atoms. The molecule has 0 spiro atoms. The van der Waals surface area contributed by atoms with Crippen molar-refractivity contribution in [1.82, 2.24) is 10.2 Å². The van der Waals surface area contributed by atoms with Gasteiger partial charge in [-0.15, -0.1) is 0 Å². The number of hydrogen-bond donors (Lipinski definition) is 1. The fourth-order valence-corrected chi connectivity index (χ4v) is 2.34. The van der Waals surface area contributed by atoms with E-state index in [1.54, 1.807) is 4.90 Å². The summed E-state index contributed by atoms with van der Waals surface area (Å²) in [5.74, 6) is 0.886. The van der Waals surface area contributed by atoms with Crippen molar-refractivity contribution in [1.29, 1.82) is 0 Å². The summed E-state index contributed by atoms with van der Waals surface area (Å²) < 4.78 is 11.1. The van der Waals surface area contributed by atoms with E-state index in [1.807, 2.05) is 19.1 Å². The number of carbonyl (C=O) groups is 1. The first kappa shape index (κ1) is 13.4. The first-order valence-electron chi connectivity index (χ1n) is 6.08. The number of likely N-dealkylation sites (tertiary alicyclic amines) is 1. The molecule has 1 amide bonds. The highest BCUT2D eigenvalue weighted by molar-refractivity contribution is 9.10. The van der Waals surface area contributed by atoms with Gasteiger partial charge in [0.05, 0.1) is 13.2 Å². The smallest absolute Gasteiger partial charge is 0.409 e. The molecule has 0 unspecified atom stereocenters. The van der Waals surface area contributed by atoms with Crippen LogP contribution in [0.5, 0.6) is 0 Å². The molecule has 100 valence electrons. The molecule has 2 heterocycles. The Balaban J connectivity index is 1.74. The van der Waals surface area contributed by atoms with E-state index in [0.29, 0.717) is 25.7 Å². The molecule has 5 nitrogen and oxygen atoms in total. The monoisotopic (exact) mass is 316 g/mol. The normalized spacial score (nSPS) is 19.2. The molecule has 1 aliphatic rings. The molecule has 0 aromatic carbocycles. The second kappa shape index (κ2) is 6.24. The molecule has 0 aliphatic carbocycles. The van der Waals surface area contributed by atoms with Crippen LogP contribution in [0, 0.1) is 0 Å². The van der Waals surface area contributed by atoms with Gasteiger partial charge in [-0.3, -0.25) is 0 Å². The van der Waals surface area contributed by atoms with Crippen molar-refractivity contribution in [2.75, 3.05) is 19.7 Å². The van der Waals surface area contributed by atoms with Gasteiger partial charge >= 0.3 is 6.09 Å². The maximum absolute atomic E-state index is 11.5. The summed E-state index contributed by atoms with van der Waals surface area (Å²) in [6.07, 6.45) is 0.725. The third-order valence-electron chi connectivity index (χ3n) is 2.91. The molecule has 2 rings (SSSR count). The van der Waals surface area contributed by atoms with Gasteiger partial charge in [0, 0.05) is 19.1 Å². The molecule has 1 aromatic heterocycles. The van der Waals surface area contributed by atoms with Crippen LogP contribution in [0.1, 0.15) is 19.1 Å². The predicted octanol–water partition coefficient (Wildman–Crippen LogP) is 2.36. The minimum absolute atomic E-state index is 0.220. The average Bonchev–Trinajstić information content (AvgIpc) is 2.95. The Morgan fingerprint density at radius 2 is 2.50 bits per heavy atom. The van der Waals surface area contributed by atoms with Crippen molar-refractivity contribution in [3.63, 3.8) is 0 Å². The van der Waals surface area contributed by atoms with E-state index in [2.05, 4.69) is 21.2 Å². The lowest BCUT2D eigenvalue weighted by molar-refractivity contribution is 0.115. The maximum Gasteiger partial charge on any atom is 0.409 e. The van der Waals surface area contributed by atoms with Gasteiger partial charge in [0.25, 0.3) is 0 Å². The zero-order chi connectivity index (χ0) is 13.0. The number of carbonyl (C=O) groups excluding carboxylic acids is 1. The van der Waals surface area contributed by atoms with E-state index in [-0.39, 0.29) is 6.09 Å². The lowest BCUT2D eigenvalue weighted by Gasteiger charge is -2.16. The highest BCUT2D eigenvalue weighted by Gasteiger charge is 2.26. The zero-order valence-electron chi connectivity index (χ0n) is 10.3. The fourth-order valence-electron chi connectivity index (χ4n) is 2.00. The van der Waals surface area contributed by atoms with Crippen LogP contribution in [0.4, 0.5) is 4.79 Å². The lowest BCUT2D eigenvalue weighted by atomic mass is 10.2. The Hall–Kier alpha value is -1.01. The van der Waals surface area contributed by atoms with Gasteiger partial charge in [-0.2, -0.15) is 0 Å².